The van der Waals surface area contributed by atoms with Crippen LogP contribution in [0.15, 0.2) is 24.3 Å². The quantitative estimate of drug-likeness (QED) is 0.796. The van der Waals surface area contributed by atoms with Crippen LogP contribution in [0.3, 0.4) is 0 Å². The number of benzene rings is 1. The molecule has 2 N–H and O–H groups in total. The molecule has 1 aromatic carbocycles. The topological polar surface area (TPSA) is 67.8 Å². The summed E-state index contributed by atoms with van der Waals surface area (Å²) in [6.07, 6.45) is 0.00598. The fourth-order valence-electron chi connectivity index (χ4n) is 1.81. The molecule has 0 spiro atoms. The minimum Gasteiger partial charge on any atom is -0.497 e. The van der Waals surface area contributed by atoms with Crippen molar-refractivity contribution in [2.75, 3.05) is 20.2 Å². The van der Waals surface area contributed by atoms with E-state index in [9.17, 15) is 4.79 Å². The lowest BCUT2D eigenvalue weighted by atomic mass is 9.92. The van der Waals surface area contributed by atoms with Crippen LogP contribution in [0.2, 0.25) is 0 Å². The van der Waals surface area contributed by atoms with Crippen molar-refractivity contribution in [3.8, 4) is 11.5 Å². The van der Waals surface area contributed by atoms with E-state index in [1.54, 1.807) is 31.4 Å². The van der Waals surface area contributed by atoms with Gasteiger partial charge in [-0.2, -0.15) is 0 Å². The van der Waals surface area contributed by atoms with Gasteiger partial charge in [-0.1, -0.05) is 0 Å². The van der Waals surface area contributed by atoms with E-state index in [4.69, 9.17) is 14.6 Å². The van der Waals surface area contributed by atoms with E-state index in [2.05, 4.69) is 5.32 Å². The molecule has 92 valence electrons. The lowest BCUT2D eigenvalue weighted by Gasteiger charge is -2.41. The van der Waals surface area contributed by atoms with Crippen molar-refractivity contribution in [1.29, 1.82) is 0 Å². The molecule has 1 aromatic rings. The predicted octanol–water partition coefficient (Wildman–Crippen LogP) is 0.891. The second-order valence-corrected chi connectivity index (χ2v) is 4.13. The van der Waals surface area contributed by atoms with Crippen molar-refractivity contribution in [3.63, 3.8) is 0 Å². The van der Waals surface area contributed by atoms with Crippen LogP contribution in [-0.4, -0.2) is 36.9 Å². The van der Waals surface area contributed by atoms with E-state index in [1.807, 2.05) is 0 Å². The Labute approximate surface area is 99.3 Å². The highest BCUT2D eigenvalue weighted by Crippen LogP contribution is 2.26. The summed E-state index contributed by atoms with van der Waals surface area (Å²) in [7, 11) is 1.59. The maximum Gasteiger partial charge on any atom is 0.307 e. The molecular weight excluding hydrogens is 222 g/mol. The number of carboxylic acid groups (broad SMARTS) is 1. The summed E-state index contributed by atoms with van der Waals surface area (Å²) in [6, 6.07) is 7.13. The minimum atomic E-state index is -0.847. The summed E-state index contributed by atoms with van der Waals surface area (Å²) < 4.78 is 10.8. The Morgan fingerprint density at radius 1 is 1.35 bits per heavy atom. The number of hydrogen-bond acceptors (Lipinski definition) is 4. The van der Waals surface area contributed by atoms with Crippen molar-refractivity contribution >= 4 is 5.97 Å². The summed E-state index contributed by atoms with van der Waals surface area (Å²) >= 11 is 0. The van der Waals surface area contributed by atoms with Crippen molar-refractivity contribution in [1.82, 2.24) is 5.32 Å². The van der Waals surface area contributed by atoms with Gasteiger partial charge in [-0.15, -0.1) is 0 Å². The van der Waals surface area contributed by atoms with Crippen LogP contribution in [0, 0.1) is 0 Å². The largest absolute Gasteiger partial charge is 0.497 e. The minimum absolute atomic E-state index is 0.00598. The normalized spacial score (nSPS) is 17.0. The molecule has 1 aliphatic rings. The Morgan fingerprint density at radius 2 is 1.94 bits per heavy atom. The average molecular weight is 237 g/mol. The zero-order valence-corrected chi connectivity index (χ0v) is 9.60. The first-order chi connectivity index (χ1) is 8.13. The van der Waals surface area contributed by atoms with Crippen molar-refractivity contribution < 1.29 is 19.4 Å². The third-order valence-electron chi connectivity index (χ3n) is 2.76. The van der Waals surface area contributed by atoms with Crippen LogP contribution in [0.5, 0.6) is 11.5 Å². The average Bonchev–Trinajstić information content (AvgIpc) is 2.26. The molecule has 0 radical (unpaired) electrons. The van der Waals surface area contributed by atoms with Gasteiger partial charge in [0.2, 0.25) is 0 Å². The second-order valence-electron chi connectivity index (χ2n) is 4.13. The number of nitrogens with one attached hydrogen (secondary N) is 1. The zero-order chi connectivity index (χ0) is 12.3. The van der Waals surface area contributed by atoms with Crippen molar-refractivity contribution in [2.45, 2.75) is 12.0 Å². The van der Waals surface area contributed by atoms with Gasteiger partial charge in [0.1, 0.15) is 17.1 Å². The first kappa shape index (κ1) is 11.7. The van der Waals surface area contributed by atoms with Crippen molar-refractivity contribution in [2.24, 2.45) is 0 Å². The summed E-state index contributed by atoms with van der Waals surface area (Å²) in [4.78, 5) is 10.8. The van der Waals surface area contributed by atoms with E-state index in [-0.39, 0.29) is 6.42 Å². The first-order valence-corrected chi connectivity index (χ1v) is 5.39. The lowest BCUT2D eigenvalue weighted by molar-refractivity contribution is -0.143. The Balaban J connectivity index is 2.04. The highest BCUT2D eigenvalue weighted by atomic mass is 16.5. The number of carbonyl (C=O) groups is 1. The van der Waals surface area contributed by atoms with Gasteiger partial charge in [0.05, 0.1) is 13.5 Å². The number of hydrogen-bond donors (Lipinski definition) is 2. The van der Waals surface area contributed by atoms with E-state index >= 15 is 0 Å². The molecular formula is C12H15NO4. The van der Waals surface area contributed by atoms with E-state index in [0.717, 1.165) is 5.75 Å². The Morgan fingerprint density at radius 3 is 2.35 bits per heavy atom. The van der Waals surface area contributed by atoms with Gasteiger partial charge in [-0.25, -0.2) is 0 Å². The molecule has 1 heterocycles. The van der Waals surface area contributed by atoms with Crippen molar-refractivity contribution in [3.05, 3.63) is 24.3 Å². The zero-order valence-electron chi connectivity index (χ0n) is 9.60. The van der Waals surface area contributed by atoms with E-state index in [0.29, 0.717) is 18.8 Å². The molecule has 0 unspecified atom stereocenters. The molecule has 0 saturated carbocycles. The molecule has 0 amide bonds. The lowest BCUT2D eigenvalue weighted by Crippen LogP contribution is -2.64. The number of aliphatic carboxylic acids is 1. The summed E-state index contributed by atoms with van der Waals surface area (Å²) in [6.45, 7) is 1.12. The monoisotopic (exact) mass is 237 g/mol. The molecule has 0 atom stereocenters. The van der Waals surface area contributed by atoms with Gasteiger partial charge in [0, 0.05) is 13.1 Å². The molecule has 0 aromatic heterocycles. The summed E-state index contributed by atoms with van der Waals surface area (Å²) in [5, 5.41) is 11.9. The van der Waals surface area contributed by atoms with Gasteiger partial charge in [-0.05, 0) is 24.3 Å². The highest BCUT2D eigenvalue weighted by molar-refractivity contribution is 5.68. The molecule has 5 heteroatoms. The van der Waals surface area contributed by atoms with Gasteiger partial charge >= 0.3 is 5.97 Å². The smallest absolute Gasteiger partial charge is 0.307 e. The molecule has 0 aliphatic carbocycles. The third-order valence-corrected chi connectivity index (χ3v) is 2.76. The second kappa shape index (κ2) is 4.63. The Bertz CT molecular complexity index is 397. The predicted molar refractivity (Wildman–Crippen MR) is 61.5 cm³/mol. The molecule has 5 nitrogen and oxygen atoms in total. The van der Waals surface area contributed by atoms with Crippen LogP contribution >= 0.6 is 0 Å². The van der Waals surface area contributed by atoms with E-state index < -0.39 is 11.6 Å². The van der Waals surface area contributed by atoms with Gasteiger partial charge in [-0.3, -0.25) is 4.79 Å². The van der Waals surface area contributed by atoms with Crippen LogP contribution in [0.4, 0.5) is 0 Å². The highest BCUT2D eigenvalue weighted by Gasteiger charge is 2.41. The van der Waals surface area contributed by atoms with Gasteiger partial charge < -0.3 is 19.9 Å². The molecule has 1 saturated heterocycles. The van der Waals surface area contributed by atoms with Gasteiger partial charge in [0.15, 0.2) is 0 Å². The molecule has 1 fully saturated rings. The first-order valence-electron chi connectivity index (χ1n) is 5.39. The van der Waals surface area contributed by atoms with Crippen LogP contribution in [-0.2, 0) is 4.79 Å². The van der Waals surface area contributed by atoms with Crippen LogP contribution in [0.25, 0.3) is 0 Å². The summed E-state index contributed by atoms with van der Waals surface area (Å²) in [5.74, 6) is 0.560. The molecule has 1 aliphatic heterocycles. The standard InChI is InChI=1S/C12H15NO4/c1-16-9-2-4-10(5-3-9)17-12(6-11(14)15)7-13-8-12/h2-5,13H,6-8H2,1H3,(H,14,15). The Kier molecular flexibility index (Phi) is 3.19. The molecule has 17 heavy (non-hydrogen) atoms. The van der Waals surface area contributed by atoms with E-state index in [1.165, 1.54) is 0 Å². The summed E-state index contributed by atoms with van der Waals surface area (Å²) in [5.41, 5.74) is -0.611. The molecule has 0 bridgehead atoms. The third kappa shape index (κ3) is 2.68. The Hall–Kier alpha value is -1.75. The maximum atomic E-state index is 10.8. The fourth-order valence-corrected chi connectivity index (χ4v) is 1.81. The maximum absolute atomic E-state index is 10.8. The molecule has 2 rings (SSSR count). The SMILES string of the molecule is COc1ccc(OC2(CC(=O)O)CNC2)cc1. The van der Waals surface area contributed by atoms with Gasteiger partial charge in [0.25, 0.3) is 0 Å². The van der Waals surface area contributed by atoms with Crippen LogP contribution in [0.1, 0.15) is 6.42 Å². The number of methoxy groups -OCH3 is 1. The van der Waals surface area contributed by atoms with Crippen LogP contribution < -0.4 is 14.8 Å². The number of carboxylic acids is 1. The number of rotatable bonds is 5. The number of ether oxygens (including phenoxy) is 2. The fraction of sp³-hybridized carbons (Fsp3) is 0.417.